The Balaban J connectivity index is 0.00000210. The Labute approximate surface area is 164 Å². The number of rotatable bonds is 5. The standard InChI is InChI=1S/C18H24N6O2.ClH/c1-26-18(12-5-6-20-16(7-12)17(19)25)13-3-2-4-14(18)10-24(9-13)11-15-8-21-23-22-15;/h5-8,13-14H,2-4,9-11H2,1H3,(H2,19,25)(H,21,22,23);1H/t13-,14+,18-;. The smallest absolute Gasteiger partial charge is 0.267 e. The van der Waals surface area contributed by atoms with Crippen molar-refractivity contribution in [2.45, 2.75) is 31.4 Å². The summed E-state index contributed by atoms with van der Waals surface area (Å²) in [6, 6.07) is 3.78. The summed E-state index contributed by atoms with van der Waals surface area (Å²) in [5.74, 6) is 0.186. The number of aromatic nitrogens is 4. The molecule has 0 unspecified atom stereocenters. The minimum absolute atomic E-state index is 0. The monoisotopic (exact) mass is 392 g/mol. The zero-order valence-electron chi connectivity index (χ0n) is 15.3. The largest absolute Gasteiger partial charge is 0.373 e. The molecule has 1 saturated carbocycles. The lowest BCUT2D eigenvalue weighted by Crippen LogP contribution is -2.58. The van der Waals surface area contributed by atoms with Crippen molar-refractivity contribution in [1.29, 1.82) is 0 Å². The van der Waals surface area contributed by atoms with Gasteiger partial charge in [0, 0.05) is 44.8 Å². The third-order valence-corrected chi connectivity index (χ3v) is 5.94. The number of nitrogens with zero attached hydrogens (tertiary/aromatic N) is 4. The first-order valence-corrected chi connectivity index (χ1v) is 9.02. The summed E-state index contributed by atoms with van der Waals surface area (Å²) < 4.78 is 6.21. The van der Waals surface area contributed by atoms with E-state index in [0.717, 1.165) is 43.7 Å². The van der Waals surface area contributed by atoms with Crippen LogP contribution >= 0.6 is 12.4 Å². The highest BCUT2D eigenvalue weighted by Crippen LogP contribution is 2.51. The Hall–Kier alpha value is -2.03. The van der Waals surface area contributed by atoms with Gasteiger partial charge < -0.3 is 10.5 Å². The zero-order chi connectivity index (χ0) is 18.1. The third-order valence-electron chi connectivity index (χ3n) is 5.94. The molecule has 4 rings (SSSR count). The predicted molar refractivity (Wildman–Crippen MR) is 101 cm³/mol. The van der Waals surface area contributed by atoms with Crippen LogP contribution in [0.3, 0.4) is 0 Å². The van der Waals surface area contributed by atoms with Crippen molar-refractivity contribution in [3.63, 3.8) is 0 Å². The van der Waals surface area contributed by atoms with E-state index < -0.39 is 11.5 Å². The van der Waals surface area contributed by atoms with Gasteiger partial charge in [-0.1, -0.05) is 11.6 Å². The molecule has 8 nitrogen and oxygen atoms in total. The molecular formula is C18H25ClN6O2. The van der Waals surface area contributed by atoms with Crippen LogP contribution < -0.4 is 5.73 Å². The number of amides is 1. The van der Waals surface area contributed by atoms with Gasteiger partial charge in [-0.25, -0.2) is 0 Å². The van der Waals surface area contributed by atoms with Gasteiger partial charge in [0.1, 0.15) is 11.3 Å². The number of fused-ring (bicyclic) bond motifs is 2. The molecule has 2 aromatic heterocycles. The number of primary amides is 1. The van der Waals surface area contributed by atoms with Crippen molar-refractivity contribution in [3.05, 3.63) is 41.5 Å². The van der Waals surface area contributed by atoms with Gasteiger partial charge in [-0.2, -0.15) is 0 Å². The Bertz CT molecular complexity index is 770. The first-order chi connectivity index (χ1) is 12.6. The SMILES string of the molecule is CO[C@]1(c2ccnc(C(N)=O)c2)[C@@H]2CCC[C@H]1CN(Cc1cnn[nH]1)C2.Cl. The summed E-state index contributed by atoms with van der Waals surface area (Å²) in [7, 11) is 1.78. The molecule has 3 heterocycles. The van der Waals surface area contributed by atoms with E-state index in [0.29, 0.717) is 17.5 Å². The van der Waals surface area contributed by atoms with E-state index in [2.05, 4.69) is 25.3 Å². The number of nitrogens with one attached hydrogen (secondary N) is 1. The maximum Gasteiger partial charge on any atom is 0.267 e. The average molecular weight is 393 g/mol. The van der Waals surface area contributed by atoms with Crippen LogP contribution in [0.1, 0.15) is 41.0 Å². The molecule has 2 bridgehead atoms. The summed E-state index contributed by atoms with van der Waals surface area (Å²) in [5.41, 5.74) is 7.38. The van der Waals surface area contributed by atoms with Gasteiger partial charge >= 0.3 is 0 Å². The number of H-pyrrole nitrogens is 1. The fourth-order valence-corrected chi connectivity index (χ4v) is 4.92. The molecule has 0 aromatic carbocycles. The van der Waals surface area contributed by atoms with E-state index in [9.17, 15) is 4.79 Å². The first kappa shape index (κ1) is 19.7. The van der Waals surface area contributed by atoms with Crippen LogP contribution in [-0.2, 0) is 16.9 Å². The fourth-order valence-electron chi connectivity index (χ4n) is 4.92. The summed E-state index contributed by atoms with van der Waals surface area (Å²) in [5, 5.41) is 10.6. The summed E-state index contributed by atoms with van der Waals surface area (Å²) in [6.45, 7) is 2.66. The van der Waals surface area contributed by atoms with Gasteiger partial charge in [-0.15, -0.1) is 17.5 Å². The molecule has 0 radical (unpaired) electrons. The Morgan fingerprint density at radius 2 is 2.15 bits per heavy atom. The lowest BCUT2D eigenvalue weighted by molar-refractivity contribution is -0.170. The molecule has 9 heteroatoms. The number of likely N-dealkylation sites (tertiary alicyclic amines) is 1. The second-order valence-electron chi connectivity index (χ2n) is 7.29. The number of hydrogen-bond acceptors (Lipinski definition) is 6. The van der Waals surface area contributed by atoms with Gasteiger partial charge in [0.05, 0.1) is 11.9 Å². The molecule has 1 saturated heterocycles. The van der Waals surface area contributed by atoms with Crippen molar-refractivity contribution >= 4 is 18.3 Å². The number of pyridine rings is 1. The lowest BCUT2D eigenvalue weighted by atomic mass is 9.62. The quantitative estimate of drug-likeness (QED) is 0.797. The first-order valence-electron chi connectivity index (χ1n) is 9.02. The van der Waals surface area contributed by atoms with Gasteiger partial charge in [-0.3, -0.25) is 19.8 Å². The van der Waals surface area contributed by atoms with Crippen LogP contribution in [0.4, 0.5) is 0 Å². The van der Waals surface area contributed by atoms with E-state index >= 15 is 0 Å². The normalized spacial score (nSPS) is 27.7. The van der Waals surface area contributed by atoms with E-state index in [4.69, 9.17) is 10.5 Å². The third kappa shape index (κ3) is 3.44. The molecule has 27 heavy (non-hydrogen) atoms. The summed E-state index contributed by atoms with van der Waals surface area (Å²) >= 11 is 0. The van der Waals surface area contributed by atoms with Crippen LogP contribution in [-0.4, -0.2) is 51.4 Å². The van der Waals surface area contributed by atoms with Crippen LogP contribution in [0.5, 0.6) is 0 Å². The molecule has 2 fully saturated rings. The van der Waals surface area contributed by atoms with Crippen molar-refractivity contribution < 1.29 is 9.53 Å². The average Bonchev–Trinajstić information content (AvgIpc) is 3.14. The molecule has 3 atom stereocenters. The maximum atomic E-state index is 11.6. The summed E-state index contributed by atoms with van der Waals surface area (Å²) in [4.78, 5) is 18.1. The van der Waals surface area contributed by atoms with Gasteiger partial charge in [0.25, 0.3) is 5.91 Å². The van der Waals surface area contributed by atoms with Gasteiger partial charge in [0.2, 0.25) is 0 Å². The molecule has 1 aliphatic heterocycles. The predicted octanol–water partition coefficient (Wildman–Crippen LogP) is 1.49. The molecule has 1 amide bonds. The van der Waals surface area contributed by atoms with Crippen LogP contribution in [0, 0.1) is 11.8 Å². The number of carbonyl (C=O) groups is 1. The van der Waals surface area contributed by atoms with E-state index in [-0.39, 0.29) is 12.4 Å². The Morgan fingerprint density at radius 1 is 1.41 bits per heavy atom. The number of nitrogens with two attached hydrogens (primary N) is 1. The number of hydrogen-bond donors (Lipinski definition) is 2. The van der Waals surface area contributed by atoms with Crippen LogP contribution in [0.15, 0.2) is 24.5 Å². The topological polar surface area (TPSA) is 110 Å². The number of methoxy groups -OCH3 is 1. The molecule has 2 aliphatic rings. The fraction of sp³-hybridized carbons (Fsp3) is 0.556. The van der Waals surface area contributed by atoms with Gasteiger partial charge in [0.15, 0.2) is 0 Å². The minimum Gasteiger partial charge on any atom is -0.373 e. The second kappa shape index (κ2) is 7.92. The number of aromatic amines is 1. The van der Waals surface area contributed by atoms with Crippen molar-refractivity contribution in [2.75, 3.05) is 20.2 Å². The highest BCUT2D eigenvalue weighted by molar-refractivity contribution is 5.90. The molecule has 3 N–H and O–H groups in total. The number of carbonyl (C=O) groups excluding carboxylic acids is 1. The molecule has 2 aromatic rings. The molecule has 1 aliphatic carbocycles. The van der Waals surface area contributed by atoms with Crippen molar-refractivity contribution in [1.82, 2.24) is 25.3 Å². The van der Waals surface area contributed by atoms with E-state index in [1.165, 1.54) is 6.42 Å². The molecule has 146 valence electrons. The highest BCUT2D eigenvalue weighted by Gasteiger charge is 2.53. The minimum atomic E-state index is -0.507. The number of ether oxygens (including phenoxy) is 1. The van der Waals surface area contributed by atoms with Crippen molar-refractivity contribution in [3.8, 4) is 0 Å². The number of piperidine rings is 1. The Kier molecular flexibility index (Phi) is 5.78. The van der Waals surface area contributed by atoms with E-state index in [1.807, 2.05) is 12.1 Å². The highest BCUT2D eigenvalue weighted by atomic mass is 35.5. The lowest BCUT2D eigenvalue weighted by Gasteiger charge is -2.55. The van der Waals surface area contributed by atoms with Crippen LogP contribution in [0.2, 0.25) is 0 Å². The second-order valence-corrected chi connectivity index (χ2v) is 7.29. The van der Waals surface area contributed by atoms with Crippen LogP contribution in [0.25, 0.3) is 0 Å². The Morgan fingerprint density at radius 3 is 2.74 bits per heavy atom. The maximum absolute atomic E-state index is 11.6. The van der Waals surface area contributed by atoms with E-state index in [1.54, 1.807) is 19.5 Å². The zero-order valence-corrected chi connectivity index (χ0v) is 16.1. The number of halogens is 1. The van der Waals surface area contributed by atoms with Crippen molar-refractivity contribution in [2.24, 2.45) is 17.6 Å². The summed E-state index contributed by atoms with van der Waals surface area (Å²) in [6.07, 6.45) is 6.82. The molecular weight excluding hydrogens is 368 g/mol. The van der Waals surface area contributed by atoms with Gasteiger partial charge in [-0.05, 0) is 30.5 Å². The molecule has 0 spiro atoms.